The van der Waals surface area contributed by atoms with Crippen LogP contribution in [0.3, 0.4) is 0 Å². The van der Waals surface area contributed by atoms with Gasteiger partial charge in [-0.2, -0.15) is 0 Å². The molecule has 0 aliphatic carbocycles. The molecular weight excluding hydrogens is 292 g/mol. The van der Waals surface area contributed by atoms with E-state index in [0.29, 0.717) is 6.04 Å². The Hall–Kier alpha value is -1.10. The third-order valence-electron chi connectivity index (χ3n) is 3.51. The standard InChI is InChI=1S/C17H32N4S/c1-7-18-17(20-13(4)9-8-12(2)3)19-11-10-16-14(5)21-15(6)22-16/h12-13H,7-11H2,1-6H3,(H2,18,19,20). The molecule has 1 atom stereocenters. The van der Waals surface area contributed by atoms with E-state index in [2.05, 4.69) is 57.2 Å². The van der Waals surface area contributed by atoms with Crippen LogP contribution in [0.5, 0.6) is 0 Å². The highest BCUT2D eigenvalue weighted by molar-refractivity contribution is 7.11. The molecular formula is C17H32N4S. The molecule has 0 bridgehead atoms. The van der Waals surface area contributed by atoms with E-state index in [-0.39, 0.29) is 0 Å². The molecule has 0 aromatic carbocycles. The molecule has 126 valence electrons. The van der Waals surface area contributed by atoms with Gasteiger partial charge in [-0.1, -0.05) is 13.8 Å². The van der Waals surface area contributed by atoms with Crippen LogP contribution < -0.4 is 10.6 Å². The lowest BCUT2D eigenvalue weighted by Gasteiger charge is -2.18. The molecule has 1 heterocycles. The van der Waals surface area contributed by atoms with E-state index < -0.39 is 0 Å². The maximum absolute atomic E-state index is 4.70. The van der Waals surface area contributed by atoms with Gasteiger partial charge in [0.05, 0.1) is 10.7 Å². The monoisotopic (exact) mass is 324 g/mol. The highest BCUT2D eigenvalue weighted by Gasteiger charge is 2.07. The van der Waals surface area contributed by atoms with Gasteiger partial charge in [-0.05, 0) is 46.5 Å². The number of guanidine groups is 1. The summed E-state index contributed by atoms with van der Waals surface area (Å²) in [6.45, 7) is 14.7. The molecule has 0 saturated heterocycles. The molecule has 4 nitrogen and oxygen atoms in total. The van der Waals surface area contributed by atoms with E-state index in [4.69, 9.17) is 4.99 Å². The van der Waals surface area contributed by atoms with Crippen LogP contribution in [-0.2, 0) is 6.42 Å². The van der Waals surface area contributed by atoms with Gasteiger partial charge < -0.3 is 10.6 Å². The molecule has 1 rings (SSSR count). The fourth-order valence-corrected chi connectivity index (χ4v) is 3.21. The molecule has 1 aromatic heterocycles. The average Bonchev–Trinajstić information content (AvgIpc) is 2.75. The van der Waals surface area contributed by atoms with Crippen molar-refractivity contribution in [2.45, 2.75) is 66.8 Å². The van der Waals surface area contributed by atoms with Crippen LogP contribution >= 0.6 is 11.3 Å². The minimum atomic E-state index is 0.451. The van der Waals surface area contributed by atoms with Crippen LogP contribution in [0.4, 0.5) is 0 Å². The highest BCUT2D eigenvalue weighted by atomic mass is 32.1. The second-order valence-electron chi connectivity index (χ2n) is 6.27. The Labute approximate surface area is 139 Å². The predicted molar refractivity (Wildman–Crippen MR) is 97.9 cm³/mol. The summed E-state index contributed by atoms with van der Waals surface area (Å²) in [5.41, 5.74) is 1.15. The lowest BCUT2D eigenvalue weighted by Crippen LogP contribution is -2.42. The second kappa shape index (κ2) is 9.82. The number of aliphatic imine (C=N–C) groups is 1. The van der Waals surface area contributed by atoms with Crippen molar-refractivity contribution in [3.05, 3.63) is 15.6 Å². The molecule has 0 radical (unpaired) electrons. The van der Waals surface area contributed by atoms with Crippen LogP contribution in [0.1, 0.15) is 56.1 Å². The normalized spacial score (nSPS) is 13.5. The van der Waals surface area contributed by atoms with Gasteiger partial charge in [0.25, 0.3) is 0 Å². The molecule has 1 aromatic rings. The summed E-state index contributed by atoms with van der Waals surface area (Å²) in [6.07, 6.45) is 3.39. The number of hydrogen-bond acceptors (Lipinski definition) is 3. The number of rotatable bonds is 8. The third-order valence-corrected chi connectivity index (χ3v) is 4.65. The highest BCUT2D eigenvalue weighted by Crippen LogP contribution is 2.17. The maximum Gasteiger partial charge on any atom is 0.191 e. The molecule has 22 heavy (non-hydrogen) atoms. The van der Waals surface area contributed by atoms with E-state index in [1.54, 1.807) is 11.3 Å². The van der Waals surface area contributed by atoms with Gasteiger partial charge in [-0.15, -0.1) is 11.3 Å². The van der Waals surface area contributed by atoms with E-state index >= 15 is 0 Å². The van der Waals surface area contributed by atoms with Crippen molar-refractivity contribution in [1.82, 2.24) is 15.6 Å². The third kappa shape index (κ3) is 7.25. The van der Waals surface area contributed by atoms with Crippen molar-refractivity contribution in [1.29, 1.82) is 0 Å². The maximum atomic E-state index is 4.70. The Morgan fingerprint density at radius 3 is 2.50 bits per heavy atom. The van der Waals surface area contributed by atoms with Crippen molar-refractivity contribution < 1.29 is 0 Å². The zero-order valence-electron chi connectivity index (χ0n) is 15.0. The molecule has 5 heteroatoms. The molecule has 1 unspecified atom stereocenters. The summed E-state index contributed by atoms with van der Waals surface area (Å²) in [5.74, 6) is 1.68. The smallest absolute Gasteiger partial charge is 0.191 e. The Bertz CT molecular complexity index is 465. The van der Waals surface area contributed by atoms with Gasteiger partial charge >= 0.3 is 0 Å². The van der Waals surface area contributed by atoms with Crippen molar-refractivity contribution in [2.75, 3.05) is 13.1 Å². The first-order chi connectivity index (χ1) is 10.4. The Balaban J connectivity index is 2.49. The van der Waals surface area contributed by atoms with Crippen molar-refractivity contribution in [3.8, 4) is 0 Å². The summed E-state index contributed by atoms with van der Waals surface area (Å²) >= 11 is 1.78. The van der Waals surface area contributed by atoms with Gasteiger partial charge in [0.1, 0.15) is 0 Å². The lowest BCUT2D eigenvalue weighted by molar-refractivity contribution is 0.489. The van der Waals surface area contributed by atoms with E-state index in [0.717, 1.165) is 42.1 Å². The Morgan fingerprint density at radius 1 is 1.23 bits per heavy atom. The number of hydrogen-bond donors (Lipinski definition) is 2. The lowest BCUT2D eigenvalue weighted by atomic mass is 10.0. The topological polar surface area (TPSA) is 49.3 Å². The number of nitrogens with one attached hydrogen (secondary N) is 2. The number of aryl methyl sites for hydroxylation is 2. The van der Waals surface area contributed by atoms with Crippen molar-refractivity contribution in [2.24, 2.45) is 10.9 Å². The van der Waals surface area contributed by atoms with E-state index in [1.165, 1.54) is 17.7 Å². The average molecular weight is 325 g/mol. The molecule has 0 saturated carbocycles. The first-order valence-corrected chi connectivity index (χ1v) is 9.21. The van der Waals surface area contributed by atoms with Gasteiger partial charge in [-0.25, -0.2) is 4.98 Å². The van der Waals surface area contributed by atoms with Gasteiger partial charge in [0.2, 0.25) is 0 Å². The van der Waals surface area contributed by atoms with Crippen LogP contribution in [0.2, 0.25) is 0 Å². The van der Waals surface area contributed by atoms with Crippen LogP contribution in [0.25, 0.3) is 0 Å². The molecule has 0 aliphatic rings. The number of aromatic nitrogens is 1. The molecule has 0 spiro atoms. The van der Waals surface area contributed by atoms with Crippen molar-refractivity contribution in [3.63, 3.8) is 0 Å². The predicted octanol–water partition coefficient (Wildman–Crippen LogP) is 3.68. The molecule has 0 fully saturated rings. The fourth-order valence-electron chi connectivity index (χ4n) is 2.28. The molecule has 2 N–H and O–H groups in total. The Kier molecular flexibility index (Phi) is 8.46. The van der Waals surface area contributed by atoms with Crippen LogP contribution in [0.15, 0.2) is 4.99 Å². The van der Waals surface area contributed by atoms with Crippen LogP contribution in [0, 0.1) is 19.8 Å². The SMILES string of the molecule is CCNC(=NCCc1sc(C)nc1C)NC(C)CCC(C)C. The summed E-state index contributed by atoms with van der Waals surface area (Å²) in [5, 5.41) is 7.98. The summed E-state index contributed by atoms with van der Waals surface area (Å²) in [6, 6.07) is 0.451. The second-order valence-corrected chi connectivity index (χ2v) is 7.56. The van der Waals surface area contributed by atoms with Crippen molar-refractivity contribution >= 4 is 17.3 Å². The van der Waals surface area contributed by atoms with Crippen LogP contribution in [-0.4, -0.2) is 30.1 Å². The zero-order chi connectivity index (χ0) is 16.5. The first-order valence-electron chi connectivity index (χ1n) is 8.40. The summed E-state index contributed by atoms with van der Waals surface area (Å²) < 4.78 is 0. The van der Waals surface area contributed by atoms with E-state index in [9.17, 15) is 0 Å². The first kappa shape index (κ1) is 18.9. The number of thiazole rings is 1. The molecule has 0 aliphatic heterocycles. The largest absolute Gasteiger partial charge is 0.357 e. The quantitative estimate of drug-likeness (QED) is 0.566. The minimum Gasteiger partial charge on any atom is -0.357 e. The fraction of sp³-hybridized carbons (Fsp3) is 0.765. The van der Waals surface area contributed by atoms with Gasteiger partial charge in [0, 0.05) is 30.4 Å². The summed E-state index contributed by atoms with van der Waals surface area (Å²) in [4.78, 5) is 10.5. The Morgan fingerprint density at radius 2 is 1.95 bits per heavy atom. The number of nitrogens with zero attached hydrogens (tertiary/aromatic N) is 2. The van der Waals surface area contributed by atoms with Gasteiger partial charge in [-0.3, -0.25) is 4.99 Å². The zero-order valence-corrected chi connectivity index (χ0v) is 15.8. The minimum absolute atomic E-state index is 0.451. The molecule has 0 amide bonds. The van der Waals surface area contributed by atoms with E-state index in [1.807, 2.05) is 0 Å². The summed E-state index contributed by atoms with van der Waals surface area (Å²) in [7, 11) is 0. The van der Waals surface area contributed by atoms with Gasteiger partial charge in [0.15, 0.2) is 5.96 Å².